The fraction of sp³-hybridized carbons (Fsp3) is 0.571. The molecule has 1 atom stereocenters. The van der Waals surface area contributed by atoms with Gasteiger partial charge in [-0.05, 0) is 36.6 Å². The summed E-state index contributed by atoms with van der Waals surface area (Å²) >= 11 is 3.55. The zero-order valence-electron chi connectivity index (χ0n) is 11.3. The third kappa shape index (κ3) is 2.72. The van der Waals surface area contributed by atoms with Crippen LogP contribution in [0.4, 0.5) is 0 Å². The fourth-order valence-electron chi connectivity index (χ4n) is 2.80. The molecule has 3 heterocycles. The van der Waals surface area contributed by atoms with Crippen LogP contribution in [-0.4, -0.2) is 35.6 Å². The number of thioether (sulfide) groups is 1. The van der Waals surface area contributed by atoms with Crippen molar-refractivity contribution in [2.75, 3.05) is 18.8 Å². The molecule has 6 heteroatoms. The van der Waals surface area contributed by atoms with Gasteiger partial charge in [0.05, 0.1) is 10.8 Å². The maximum absolute atomic E-state index is 12.6. The third-order valence-corrected chi connectivity index (χ3v) is 6.18. The fourth-order valence-corrected chi connectivity index (χ4v) is 5.14. The summed E-state index contributed by atoms with van der Waals surface area (Å²) in [6, 6.07) is 2.04. The minimum atomic E-state index is -0.288. The average Bonchev–Trinajstić information content (AvgIpc) is 2.90. The molecule has 2 aliphatic rings. The van der Waals surface area contributed by atoms with Crippen LogP contribution in [0.5, 0.6) is 0 Å². The van der Waals surface area contributed by atoms with Gasteiger partial charge in [-0.15, -0.1) is 11.3 Å². The van der Waals surface area contributed by atoms with Crippen LogP contribution < -0.4 is 5.73 Å². The van der Waals surface area contributed by atoms with E-state index in [2.05, 4.69) is 0 Å². The van der Waals surface area contributed by atoms with E-state index in [4.69, 9.17) is 5.73 Å². The summed E-state index contributed by atoms with van der Waals surface area (Å²) in [5.74, 6) is 1.76. The quantitative estimate of drug-likeness (QED) is 0.907. The molecule has 2 aliphatic heterocycles. The van der Waals surface area contributed by atoms with Gasteiger partial charge >= 0.3 is 0 Å². The predicted molar refractivity (Wildman–Crippen MR) is 82.0 cm³/mol. The maximum Gasteiger partial charge on any atom is 0.263 e. The summed E-state index contributed by atoms with van der Waals surface area (Å²) in [5.41, 5.74) is 6.69. The largest absolute Gasteiger partial charge is 0.369 e. The molecule has 0 spiro atoms. The van der Waals surface area contributed by atoms with Gasteiger partial charge in [-0.1, -0.05) is 0 Å². The smallest absolute Gasteiger partial charge is 0.263 e. The number of thiophene rings is 1. The molecule has 1 unspecified atom stereocenters. The van der Waals surface area contributed by atoms with Crippen molar-refractivity contribution in [2.24, 2.45) is 11.7 Å². The molecule has 0 aliphatic carbocycles. The Labute approximate surface area is 126 Å². The molecule has 2 N–H and O–H groups in total. The van der Waals surface area contributed by atoms with Crippen LogP contribution in [0.3, 0.4) is 0 Å². The number of nitrogens with zero attached hydrogens (tertiary/aromatic N) is 1. The van der Waals surface area contributed by atoms with Crippen molar-refractivity contribution in [2.45, 2.75) is 25.0 Å². The highest BCUT2D eigenvalue weighted by molar-refractivity contribution is 7.98. The minimum absolute atomic E-state index is 0.0698. The summed E-state index contributed by atoms with van der Waals surface area (Å²) in [5, 5.41) is 0. The summed E-state index contributed by atoms with van der Waals surface area (Å²) in [7, 11) is 0. The van der Waals surface area contributed by atoms with E-state index in [9.17, 15) is 9.59 Å². The molecule has 20 heavy (non-hydrogen) atoms. The van der Waals surface area contributed by atoms with Gasteiger partial charge in [0, 0.05) is 23.7 Å². The van der Waals surface area contributed by atoms with Gasteiger partial charge in [-0.25, -0.2) is 0 Å². The molecule has 1 aromatic heterocycles. The maximum atomic E-state index is 12.6. The number of primary amides is 1. The summed E-state index contributed by atoms with van der Waals surface area (Å²) in [6.07, 6.45) is 2.73. The van der Waals surface area contributed by atoms with Crippen molar-refractivity contribution < 1.29 is 9.59 Å². The first kappa shape index (κ1) is 13.9. The van der Waals surface area contributed by atoms with E-state index in [-0.39, 0.29) is 17.7 Å². The number of piperidine rings is 1. The second-order valence-electron chi connectivity index (χ2n) is 5.35. The molecule has 1 fully saturated rings. The second kappa shape index (κ2) is 5.77. The van der Waals surface area contributed by atoms with Crippen molar-refractivity contribution in [3.63, 3.8) is 0 Å². The van der Waals surface area contributed by atoms with Crippen LogP contribution >= 0.6 is 23.1 Å². The van der Waals surface area contributed by atoms with Crippen LogP contribution in [0, 0.1) is 5.92 Å². The lowest BCUT2D eigenvalue weighted by Gasteiger charge is -2.30. The summed E-state index contributed by atoms with van der Waals surface area (Å²) in [6.45, 7) is 1.21. The van der Waals surface area contributed by atoms with Crippen LogP contribution in [-0.2, 0) is 17.0 Å². The summed E-state index contributed by atoms with van der Waals surface area (Å²) in [4.78, 5) is 27.8. The Hall–Kier alpha value is -1.01. The van der Waals surface area contributed by atoms with Gasteiger partial charge in [0.2, 0.25) is 5.91 Å². The van der Waals surface area contributed by atoms with Crippen molar-refractivity contribution in [3.8, 4) is 0 Å². The zero-order valence-corrected chi connectivity index (χ0v) is 12.9. The van der Waals surface area contributed by atoms with E-state index in [0.717, 1.165) is 42.2 Å². The number of amides is 2. The van der Waals surface area contributed by atoms with Crippen LogP contribution in [0.15, 0.2) is 6.07 Å². The molecular weight excluding hydrogens is 292 g/mol. The van der Waals surface area contributed by atoms with E-state index in [1.54, 1.807) is 16.2 Å². The number of hydrogen-bond donors (Lipinski definition) is 1. The van der Waals surface area contributed by atoms with Crippen molar-refractivity contribution in [1.29, 1.82) is 0 Å². The minimum Gasteiger partial charge on any atom is -0.369 e. The topological polar surface area (TPSA) is 63.4 Å². The van der Waals surface area contributed by atoms with Gasteiger partial charge in [0.1, 0.15) is 0 Å². The highest BCUT2D eigenvalue weighted by atomic mass is 32.2. The van der Waals surface area contributed by atoms with Crippen LogP contribution in [0.25, 0.3) is 0 Å². The lowest BCUT2D eigenvalue weighted by Crippen LogP contribution is -2.43. The predicted octanol–water partition coefficient (Wildman–Crippen LogP) is 1.87. The third-order valence-electron chi connectivity index (χ3n) is 3.95. The van der Waals surface area contributed by atoms with Gasteiger partial charge < -0.3 is 10.6 Å². The monoisotopic (exact) mass is 310 g/mol. The Kier molecular flexibility index (Phi) is 4.03. The first-order valence-electron chi connectivity index (χ1n) is 6.93. The van der Waals surface area contributed by atoms with Crippen molar-refractivity contribution >= 4 is 34.9 Å². The van der Waals surface area contributed by atoms with Gasteiger partial charge in [-0.3, -0.25) is 9.59 Å². The Balaban J connectivity index is 1.75. The number of carbonyl (C=O) groups is 2. The average molecular weight is 310 g/mol. The molecule has 1 saturated heterocycles. The van der Waals surface area contributed by atoms with E-state index in [1.807, 2.05) is 17.8 Å². The Morgan fingerprint density at radius 2 is 2.25 bits per heavy atom. The van der Waals surface area contributed by atoms with Crippen LogP contribution in [0.1, 0.15) is 33.0 Å². The molecule has 0 bridgehead atoms. The Bertz CT molecular complexity index is 518. The zero-order chi connectivity index (χ0) is 14.1. The van der Waals surface area contributed by atoms with Gasteiger partial charge in [0.15, 0.2) is 0 Å². The lowest BCUT2D eigenvalue weighted by molar-refractivity contribution is -0.123. The number of likely N-dealkylation sites (tertiary alicyclic amines) is 1. The molecule has 0 aromatic carbocycles. The van der Waals surface area contributed by atoms with Crippen LogP contribution in [0.2, 0.25) is 0 Å². The van der Waals surface area contributed by atoms with Gasteiger partial charge in [-0.2, -0.15) is 11.8 Å². The van der Waals surface area contributed by atoms with E-state index in [0.29, 0.717) is 6.54 Å². The van der Waals surface area contributed by atoms with E-state index >= 15 is 0 Å². The Morgan fingerprint density at radius 1 is 1.40 bits per heavy atom. The number of aryl methyl sites for hydroxylation is 1. The molecule has 108 valence electrons. The summed E-state index contributed by atoms with van der Waals surface area (Å²) < 4.78 is 0. The molecular formula is C14H18N2O2S2. The molecule has 0 saturated carbocycles. The normalized spacial score (nSPS) is 22.4. The standard InChI is InChI=1S/C14H18N2O2S2/c15-13(17)9-2-1-4-16(7-9)14(18)12-6-10-8-19-5-3-11(10)20-12/h6,9H,1-5,7-8H2,(H2,15,17). The number of hydrogen-bond acceptors (Lipinski definition) is 4. The first-order valence-corrected chi connectivity index (χ1v) is 8.90. The van der Waals surface area contributed by atoms with Gasteiger partial charge in [0.25, 0.3) is 5.91 Å². The highest BCUT2D eigenvalue weighted by Gasteiger charge is 2.29. The number of rotatable bonds is 2. The molecule has 3 rings (SSSR count). The number of carbonyl (C=O) groups excluding carboxylic acids is 2. The van der Waals surface area contributed by atoms with Crippen molar-refractivity contribution in [1.82, 2.24) is 4.90 Å². The van der Waals surface area contributed by atoms with E-state index in [1.165, 1.54) is 10.4 Å². The first-order chi connectivity index (χ1) is 9.65. The SMILES string of the molecule is NC(=O)C1CCCN(C(=O)c2cc3c(s2)CCSC3)C1. The molecule has 1 aromatic rings. The number of nitrogens with two attached hydrogens (primary N) is 1. The molecule has 0 radical (unpaired) electrons. The number of fused-ring (bicyclic) bond motifs is 1. The molecule has 2 amide bonds. The highest BCUT2D eigenvalue weighted by Crippen LogP contribution is 2.32. The lowest BCUT2D eigenvalue weighted by atomic mass is 9.97. The Morgan fingerprint density at radius 3 is 3.00 bits per heavy atom. The van der Waals surface area contributed by atoms with Crippen molar-refractivity contribution in [3.05, 3.63) is 21.4 Å². The second-order valence-corrected chi connectivity index (χ2v) is 7.60. The van der Waals surface area contributed by atoms with E-state index < -0.39 is 0 Å². The molecule has 4 nitrogen and oxygen atoms in total.